The molecule has 0 aromatic carbocycles. The van der Waals surface area contributed by atoms with Gasteiger partial charge in [0.15, 0.2) is 0 Å². The van der Waals surface area contributed by atoms with Crippen LogP contribution in [0, 0.1) is 0 Å². The molecule has 50 valence electrons. The molecule has 0 saturated carbocycles. The summed E-state index contributed by atoms with van der Waals surface area (Å²) in [5.74, 6) is 0.838. The number of aliphatic hydroxyl groups excluding tert-OH is 1. The number of allylic oxidation sites excluding steroid dienone is 2. The van der Waals surface area contributed by atoms with E-state index >= 15 is 0 Å². The molecule has 0 amide bonds. The Bertz CT molecular complexity index is 147. The first-order valence-corrected chi connectivity index (χ1v) is 2.92. The average Bonchev–Trinajstić information content (AvgIpc) is 1.88. The monoisotopic (exact) mass is 126 g/mol. The maximum absolute atomic E-state index is 9.00. The van der Waals surface area contributed by atoms with Crippen molar-refractivity contribution in [3.05, 3.63) is 24.0 Å². The van der Waals surface area contributed by atoms with E-state index in [9.17, 15) is 0 Å². The molecule has 1 unspecified atom stereocenters. The third-order valence-electron chi connectivity index (χ3n) is 1.29. The quantitative estimate of drug-likeness (QED) is 0.564. The number of ether oxygens (including phenoxy) is 1. The minimum Gasteiger partial charge on any atom is -0.501 e. The summed E-state index contributed by atoms with van der Waals surface area (Å²) in [5.41, 5.74) is 0. The van der Waals surface area contributed by atoms with Crippen LogP contribution in [0.25, 0.3) is 0 Å². The Balaban J connectivity index is 2.55. The molecule has 0 radical (unpaired) electrons. The second-order valence-electron chi connectivity index (χ2n) is 1.99. The van der Waals surface area contributed by atoms with Crippen LogP contribution in [0.5, 0.6) is 0 Å². The maximum atomic E-state index is 9.00. The molecule has 0 bridgehead atoms. The van der Waals surface area contributed by atoms with Crippen molar-refractivity contribution in [1.82, 2.24) is 0 Å². The Kier molecular flexibility index (Phi) is 1.90. The highest BCUT2D eigenvalue weighted by Crippen LogP contribution is 2.11. The molecular weight excluding hydrogens is 116 g/mol. The van der Waals surface area contributed by atoms with Crippen molar-refractivity contribution in [2.45, 2.75) is 12.5 Å². The van der Waals surface area contributed by atoms with Gasteiger partial charge in [0.05, 0.1) is 19.0 Å². The highest BCUT2D eigenvalue weighted by atomic mass is 16.5. The minimum absolute atomic E-state index is 0.357. The number of rotatable bonds is 1. The Labute approximate surface area is 54.5 Å². The van der Waals surface area contributed by atoms with Crippen LogP contribution in [0.3, 0.4) is 0 Å². The average molecular weight is 126 g/mol. The van der Waals surface area contributed by atoms with Crippen molar-refractivity contribution in [3.63, 3.8) is 0 Å². The van der Waals surface area contributed by atoms with Crippen molar-refractivity contribution in [1.29, 1.82) is 0 Å². The Morgan fingerprint density at radius 3 is 3.00 bits per heavy atom. The van der Waals surface area contributed by atoms with Gasteiger partial charge in [0, 0.05) is 6.42 Å². The smallest absolute Gasteiger partial charge is 0.0984 e. The summed E-state index contributed by atoms with van der Waals surface area (Å²) in [5, 5.41) is 9.00. The van der Waals surface area contributed by atoms with E-state index in [1.54, 1.807) is 19.3 Å². The lowest BCUT2D eigenvalue weighted by molar-refractivity contribution is 0.181. The zero-order valence-electron chi connectivity index (χ0n) is 5.37. The molecule has 1 N–H and O–H groups in total. The second-order valence-corrected chi connectivity index (χ2v) is 1.99. The molecule has 0 aromatic heterocycles. The van der Waals surface area contributed by atoms with Crippen LogP contribution in [0.15, 0.2) is 24.0 Å². The first kappa shape index (κ1) is 6.36. The molecule has 1 atom stereocenters. The van der Waals surface area contributed by atoms with Crippen molar-refractivity contribution in [3.8, 4) is 0 Å². The lowest BCUT2D eigenvalue weighted by Crippen LogP contribution is -2.07. The standard InChI is InChI=1S/C7H10O2/c1-9-7-4-2-3-6(8)5-7/h2-4,6,8H,5H2,1H3. The van der Waals surface area contributed by atoms with Crippen molar-refractivity contribution >= 4 is 0 Å². The molecule has 2 heteroatoms. The fourth-order valence-electron chi connectivity index (χ4n) is 0.785. The fourth-order valence-corrected chi connectivity index (χ4v) is 0.785. The highest BCUT2D eigenvalue weighted by molar-refractivity contribution is 5.16. The first-order valence-electron chi connectivity index (χ1n) is 2.92. The van der Waals surface area contributed by atoms with Gasteiger partial charge < -0.3 is 9.84 Å². The summed E-state index contributed by atoms with van der Waals surface area (Å²) in [7, 11) is 1.61. The van der Waals surface area contributed by atoms with Crippen LogP contribution in [0.2, 0.25) is 0 Å². The third kappa shape index (κ3) is 1.57. The van der Waals surface area contributed by atoms with Gasteiger partial charge in [0.25, 0.3) is 0 Å². The molecule has 1 rings (SSSR count). The Morgan fingerprint density at radius 1 is 1.78 bits per heavy atom. The van der Waals surface area contributed by atoms with Gasteiger partial charge in [-0.15, -0.1) is 0 Å². The first-order chi connectivity index (χ1) is 4.33. The Hall–Kier alpha value is -0.760. The SMILES string of the molecule is COC1=CC=CC(O)C1. The van der Waals surface area contributed by atoms with Gasteiger partial charge in [-0.2, -0.15) is 0 Å². The fraction of sp³-hybridized carbons (Fsp3) is 0.429. The van der Waals surface area contributed by atoms with Crippen LogP contribution in [0.4, 0.5) is 0 Å². The van der Waals surface area contributed by atoms with E-state index in [1.165, 1.54) is 0 Å². The lowest BCUT2D eigenvalue weighted by atomic mass is 10.1. The van der Waals surface area contributed by atoms with Crippen LogP contribution < -0.4 is 0 Å². The molecule has 1 aliphatic carbocycles. The summed E-state index contributed by atoms with van der Waals surface area (Å²) in [6.07, 6.45) is 5.64. The Morgan fingerprint density at radius 2 is 2.56 bits per heavy atom. The molecule has 0 fully saturated rings. The predicted octanol–water partition coefficient (Wildman–Crippen LogP) is 0.837. The van der Waals surface area contributed by atoms with E-state index < -0.39 is 0 Å². The third-order valence-corrected chi connectivity index (χ3v) is 1.29. The number of hydrogen-bond acceptors (Lipinski definition) is 2. The van der Waals surface area contributed by atoms with Crippen LogP contribution in [0.1, 0.15) is 6.42 Å². The topological polar surface area (TPSA) is 29.5 Å². The van der Waals surface area contributed by atoms with Crippen LogP contribution in [-0.4, -0.2) is 18.3 Å². The second kappa shape index (κ2) is 2.69. The summed E-state index contributed by atoms with van der Waals surface area (Å²) in [4.78, 5) is 0. The molecule has 0 aliphatic heterocycles. The zero-order chi connectivity index (χ0) is 6.69. The molecule has 0 spiro atoms. The zero-order valence-corrected chi connectivity index (χ0v) is 5.37. The van der Waals surface area contributed by atoms with E-state index in [-0.39, 0.29) is 6.10 Å². The van der Waals surface area contributed by atoms with E-state index in [4.69, 9.17) is 9.84 Å². The van der Waals surface area contributed by atoms with E-state index in [0.29, 0.717) is 6.42 Å². The molecule has 9 heavy (non-hydrogen) atoms. The van der Waals surface area contributed by atoms with Crippen molar-refractivity contribution < 1.29 is 9.84 Å². The predicted molar refractivity (Wildman–Crippen MR) is 34.9 cm³/mol. The van der Waals surface area contributed by atoms with Gasteiger partial charge in [-0.1, -0.05) is 12.2 Å². The minimum atomic E-state index is -0.357. The van der Waals surface area contributed by atoms with E-state index in [0.717, 1.165) is 5.76 Å². The van der Waals surface area contributed by atoms with Gasteiger partial charge in [0.1, 0.15) is 0 Å². The molecule has 1 aliphatic rings. The number of hydrogen-bond donors (Lipinski definition) is 1. The van der Waals surface area contributed by atoms with Crippen LogP contribution in [-0.2, 0) is 4.74 Å². The molecule has 0 heterocycles. The van der Waals surface area contributed by atoms with Crippen molar-refractivity contribution in [2.24, 2.45) is 0 Å². The summed E-state index contributed by atoms with van der Waals surface area (Å²) < 4.78 is 4.91. The molecular formula is C7H10O2. The summed E-state index contributed by atoms with van der Waals surface area (Å²) in [6, 6.07) is 0. The van der Waals surface area contributed by atoms with Gasteiger partial charge >= 0.3 is 0 Å². The van der Waals surface area contributed by atoms with Crippen LogP contribution >= 0.6 is 0 Å². The van der Waals surface area contributed by atoms with Gasteiger partial charge in [-0.3, -0.25) is 0 Å². The summed E-state index contributed by atoms with van der Waals surface area (Å²) in [6.45, 7) is 0. The van der Waals surface area contributed by atoms with E-state index in [2.05, 4.69) is 0 Å². The molecule has 2 nitrogen and oxygen atoms in total. The molecule has 0 aromatic rings. The largest absolute Gasteiger partial charge is 0.501 e. The number of methoxy groups -OCH3 is 1. The van der Waals surface area contributed by atoms with Gasteiger partial charge in [-0.05, 0) is 6.08 Å². The number of aliphatic hydroxyl groups is 1. The van der Waals surface area contributed by atoms with E-state index in [1.807, 2.05) is 6.08 Å². The maximum Gasteiger partial charge on any atom is 0.0984 e. The molecule has 0 saturated heterocycles. The highest BCUT2D eigenvalue weighted by Gasteiger charge is 2.06. The summed E-state index contributed by atoms with van der Waals surface area (Å²) >= 11 is 0. The van der Waals surface area contributed by atoms with Gasteiger partial charge in [0.2, 0.25) is 0 Å². The van der Waals surface area contributed by atoms with Crippen molar-refractivity contribution in [2.75, 3.05) is 7.11 Å². The lowest BCUT2D eigenvalue weighted by Gasteiger charge is -2.11. The van der Waals surface area contributed by atoms with Gasteiger partial charge in [-0.25, -0.2) is 0 Å². The normalized spacial score (nSPS) is 25.6.